The zero-order chi connectivity index (χ0) is 18.2. The van der Waals surface area contributed by atoms with Gasteiger partial charge in [-0.25, -0.2) is 15.0 Å². The second-order valence-corrected chi connectivity index (χ2v) is 6.17. The van der Waals surface area contributed by atoms with Crippen LogP contribution in [-0.4, -0.2) is 34.1 Å². The van der Waals surface area contributed by atoms with Crippen molar-refractivity contribution in [3.05, 3.63) is 67.0 Å². The van der Waals surface area contributed by atoms with Gasteiger partial charge < -0.3 is 9.72 Å². The minimum Gasteiger partial charge on any atom is -0.364 e. The number of hydrogen-bond acceptors (Lipinski definition) is 6. The number of hydrogen-bond donors (Lipinski definition) is 1. The summed E-state index contributed by atoms with van der Waals surface area (Å²) >= 11 is 0. The van der Waals surface area contributed by atoms with Crippen LogP contribution in [0.3, 0.4) is 0 Å². The van der Waals surface area contributed by atoms with E-state index in [9.17, 15) is 0 Å². The van der Waals surface area contributed by atoms with E-state index in [0.29, 0.717) is 12.4 Å². The van der Waals surface area contributed by atoms with Crippen LogP contribution < -0.4 is 5.32 Å². The summed E-state index contributed by atoms with van der Waals surface area (Å²) < 4.78 is 3.81. The molecule has 0 saturated carbocycles. The van der Waals surface area contributed by atoms with E-state index < -0.39 is 0 Å². The molecule has 8 heteroatoms. The molecule has 0 atom stereocenters. The maximum Gasteiger partial charge on any atom is 0.164 e. The van der Waals surface area contributed by atoms with E-state index in [4.69, 9.17) is 4.98 Å². The van der Waals surface area contributed by atoms with Crippen molar-refractivity contribution in [1.29, 1.82) is 0 Å². The number of pyridine rings is 2. The van der Waals surface area contributed by atoms with Gasteiger partial charge in [0.25, 0.3) is 0 Å². The SMILES string of the molecule is Cn1ncc2c(NCc3cnc4ccccn34)nc(-c3ccncc3)nc21. The minimum atomic E-state index is 0.585. The third-order valence-electron chi connectivity index (χ3n) is 4.46. The number of fused-ring (bicyclic) bond motifs is 2. The van der Waals surface area contributed by atoms with E-state index in [1.165, 1.54) is 0 Å². The maximum absolute atomic E-state index is 4.73. The molecular formula is C19H16N8. The van der Waals surface area contributed by atoms with Gasteiger partial charge in [-0.15, -0.1) is 0 Å². The van der Waals surface area contributed by atoms with Gasteiger partial charge in [0.1, 0.15) is 11.5 Å². The van der Waals surface area contributed by atoms with Gasteiger partial charge in [-0.2, -0.15) is 5.10 Å². The summed E-state index contributed by atoms with van der Waals surface area (Å²) in [6.45, 7) is 0.585. The highest BCUT2D eigenvalue weighted by Gasteiger charge is 2.13. The highest BCUT2D eigenvalue weighted by molar-refractivity contribution is 5.88. The largest absolute Gasteiger partial charge is 0.364 e. The molecule has 1 N–H and O–H groups in total. The van der Waals surface area contributed by atoms with Crippen LogP contribution in [0.1, 0.15) is 5.69 Å². The van der Waals surface area contributed by atoms with Crippen molar-refractivity contribution in [3.8, 4) is 11.4 Å². The molecule has 0 fully saturated rings. The Morgan fingerprint density at radius 2 is 1.93 bits per heavy atom. The van der Waals surface area contributed by atoms with Crippen LogP contribution in [0, 0.1) is 0 Å². The van der Waals surface area contributed by atoms with E-state index in [0.717, 1.165) is 33.8 Å². The zero-order valence-corrected chi connectivity index (χ0v) is 14.6. The third kappa shape index (κ3) is 2.67. The van der Waals surface area contributed by atoms with Crippen LogP contribution in [0.2, 0.25) is 0 Å². The fourth-order valence-corrected chi connectivity index (χ4v) is 3.08. The summed E-state index contributed by atoms with van der Waals surface area (Å²) in [4.78, 5) is 17.9. The molecule has 8 nitrogen and oxygen atoms in total. The first-order valence-electron chi connectivity index (χ1n) is 8.54. The number of rotatable bonds is 4. The molecular weight excluding hydrogens is 340 g/mol. The van der Waals surface area contributed by atoms with Crippen molar-refractivity contribution in [2.24, 2.45) is 7.05 Å². The van der Waals surface area contributed by atoms with E-state index in [2.05, 4.69) is 29.8 Å². The van der Waals surface area contributed by atoms with Crippen molar-refractivity contribution in [3.63, 3.8) is 0 Å². The molecule has 0 spiro atoms. The summed E-state index contributed by atoms with van der Waals surface area (Å²) in [5.41, 5.74) is 3.65. The number of aryl methyl sites for hydroxylation is 1. The third-order valence-corrected chi connectivity index (χ3v) is 4.46. The molecule has 5 heterocycles. The van der Waals surface area contributed by atoms with Gasteiger partial charge in [0, 0.05) is 31.2 Å². The minimum absolute atomic E-state index is 0.585. The summed E-state index contributed by atoms with van der Waals surface area (Å²) in [5, 5.41) is 8.63. The molecule has 5 aromatic heterocycles. The molecule has 0 amide bonds. The Morgan fingerprint density at radius 1 is 1.04 bits per heavy atom. The molecule has 132 valence electrons. The summed E-state index contributed by atoms with van der Waals surface area (Å²) in [5.74, 6) is 1.37. The van der Waals surface area contributed by atoms with E-state index in [1.54, 1.807) is 23.3 Å². The molecule has 0 aromatic carbocycles. The molecule has 0 bridgehead atoms. The predicted molar refractivity (Wildman–Crippen MR) is 102 cm³/mol. The quantitative estimate of drug-likeness (QED) is 0.533. The van der Waals surface area contributed by atoms with Gasteiger partial charge in [0.2, 0.25) is 0 Å². The lowest BCUT2D eigenvalue weighted by Gasteiger charge is -2.09. The van der Waals surface area contributed by atoms with Crippen molar-refractivity contribution < 1.29 is 0 Å². The molecule has 5 aromatic rings. The average Bonchev–Trinajstić information content (AvgIpc) is 3.31. The van der Waals surface area contributed by atoms with Gasteiger partial charge in [0.15, 0.2) is 11.5 Å². The lowest BCUT2D eigenvalue weighted by molar-refractivity contribution is 0.786. The Bertz CT molecular complexity index is 1240. The average molecular weight is 356 g/mol. The Morgan fingerprint density at radius 3 is 2.81 bits per heavy atom. The zero-order valence-electron chi connectivity index (χ0n) is 14.6. The summed E-state index contributed by atoms with van der Waals surface area (Å²) in [7, 11) is 1.87. The van der Waals surface area contributed by atoms with Gasteiger partial charge in [-0.05, 0) is 24.3 Å². The molecule has 27 heavy (non-hydrogen) atoms. The second kappa shape index (κ2) is 6.17. The van der Waals surface area contributed by atoms with E-state index >= 15 is 0 Å². The van der Waals surface area contributed by atoms with Crippen LogP contribution in [0.25, 0.3) is 28.1 Å². The van der Waals surface area contributed by atoms with E-state index in [1.807, 2.05) is 49.8 Å². The van der Waals surface area contributed by atoms with Crippen LogP contribution >= 0.6 is 0 Å². The van der Waals surface area contributed by atoms with Crippen LogP contribution in [-0.2, 0) is 13.6 Å². The predicted octanol–water partition coefficient (Wildman–Crippen LogP) is 2.69. The van der Waals surface area contributed by atoms with Gasteiger partial charge >= 0.3 is 0 Å². The van der Waals surface area contributed by atoms with Crippen molar-refractivity contribution >= 4 is 22.5 Å². The summed E-state index contributed by atoms with van der Waals surface area (Å²) in [6.07, 6.45) is 9.12. The number of anilines is 1. The number of aromatic nitrogens is 7. The van der Waals surface area contributed by atoms with Gasteiger partial charge in [-0.1, -0.05) is 6.07 Å². The lowest BCUT2D eigenvalue weighted by Crippen LogP contribution is -2.06. The van der Waals surface area contributed by atoms with Gasteiger partial charge in [0.05, 0.1) is 30.0 Å². The highest BCUT2D eigenvalue weighted by Crippen LogP contribution is 2.24. The standard InChI is InChI=1S/C19H16N8/c1-26-19-15(12-23-26)18(24-17(25-19)13-5-7-20-8-6-13)22-11-14-10-21-16-4-2-3-9-27(14)16/h2-10,12H,11H2,1H3,(H,22,24,25). The molecule has 0 saturated heterocycles. The van der Waals surface area contributed by atoms with Crippen LogP contribution in [0.5, 0.6) is 0 Å². The fourth-order valence-electron chi connectivity index (χ4n) is 3.08. The Kier molecular flexibility index (Phi) is 3.53. The Labute approximate surface area is 154 Å². The Balaban J connectivity index is 1.56. The van der Waals surface area contributed by atoms with Gasteiger partial charge in [-0.3, -0.25) is 9.67 Å². The molecule has 0 aliphatic carbocycles. The van der Waals surface area contributed by atoms with Crippen molar-refractivity contribution in [1.82, 2.24) is 34.1 Å². The first-order chi connectivity index (χ1) is 13.3. The first kappa shape index (κ1) is 15.4. The van der Waals surface area contributed by atoms with Crippen molar-refractivity contribution in [2.75, 3.05) is 5.32 Å². The number of imidazole rings is 1. The highest BCUT2D eigenvalue weighted by atomic mass is 15.3. The maximum atomic E-state index is 4.73. The van der Waals surface area contributed by atoms with Crippen LogP contribution in [0.15, 0.2) is 61.3 Å². The summed E-state index contributed by atoms with van der Waals surface area (Å²) in [6, 6.07) is 9.74. The van der Waals surface area contributed by atoms with Crippen molar-refractivity contribution in [2.45, 2.75) is 6.54 Å². The molecule has 0 aliphatic rings. The molecule has 5 rings (SSSR count). The Hall–Kier alpha value is -3.81. The molecule has 0 unspecified atom stereocenters. The number of nitrogens with one attached hydrogen (secondary N) is 1. The number of nitrogens with zero attached hydrogens (tertiary/aromatic N) is 7. The topological polar surface area (TPSA) is 85.8 Å². The smallest absolute Gasteiger partial charge is 0.164 e. The first-order valence-corrected chi connectivity index (χ1v) is 8.54. The fraction of sp³-hybridized carbons (Fsp3) is 0.105. The second-order valence-electron chi connectivity index (χ2n) is 6.17. The van der Waals surface area contributed by atoms with Crippen LogP contribution in [0.4, 0.5) is 5.82 Å². The molecule has 0 aliphatic heterocycles. The van der Waals surface area contributed by atoms with E-state index in [-0.39, 0.29) is 0 Å². The normalized spacial score (nSPS) is 11.3. The molecule has 0 radical (unpaired) electrons. The monoisotopic (exact) mass is 356 g/mol. The lowest BCUT2D eigenvalue weighted by atomic mass is 10.2.